The molecular weight excluding hydrogens is 518 g/mol. The molecule has 40 heavy (non-hydrogen) atoms. The molecule has 11 heteroatoms. The Morgan fingerprint density at radius 1 is 0.975 bits per heavy atom. The highest BCUT2D eigenvalue weighted by molar-refractivity contribution is 5.95. The number of amides is 3. The zero-order valence-electron chi connectivity index (χ0n) is 23.0. The van der Waals surface area contributed by atoms with Gasteiger partial charge in [0.2, 0.25) is 0 Å². The van der Waals surface area contributed by atoms with E-state index in [-0.39, 0.29) is 31.7 Å². The van der Waals surface area contributed by atoms with Gasteiger partial charge in [-0.05, 0) is 44.0 Å². The molecule has 4 rings (SSSR count). The molecule has 2 heterocycles. The lowest BCUT2D eigenvalue weighted by Crippen LogP contribution is -2.46. The Morgan fingerprint density at radius 2 is 1.65 bits per heavy atom. The van der Waals surface area contributed by atoms with Gasteiger partial charge in [-0.1, -0.05) is 42.5 Å². The number of hydrogen-bond donors (Lipinski definition) is 1. The smallest absolute Gasteiger partial charge is 0.444 e. The van der Waals surface area contributed by atoms with Crippen LogP contribution >= 0.6 is 0 Å². The molecule has 0 aliphatic carbocycles. The molecule has 2 aliphatic rings. The summed E-state index contributed by atoms with van der Waals surface area (Å²) in [6.45, 7) is 6.62. The molecule has 0 radical (unpaired) electrons. The van der Waals surface area contributed by atoms with Crippen LogP contribution in [-0.4, -0.2) is 66.6 Å². The van der Waals surface area contributed by atoms with Crippen molar-refractivity contribution in [3.8, 4) is 0 Å². The third-order valence-electron chi connectivity index (χ3n) is 6.39. The molecule has 0 spiro atoms. The van der Waals surface area contributed by atoms with E-state index in [1.165, 1.54) is 4.90 Å². The normalized spacial score (nSPS) is 17.7. The molecule has 1 atom stereocenters. The van der Waals surface area contributed by atoms with Gasteiger partial charge in [-0.15, -0.1) is 0 Å². The molecule has 3 amide bonds. The van der Waals surface area contributed by atoms with Crippen LogP contribution in [0.2, 0.25) is 0 Å². The van der Waals surface area contributed by atoms with Crippen LogP contribution in [0.25, 0.3) is 0 Å². The molecule has 0 aromatic heterocycles. The standard InChI is InChI=1S/C29H35N3O8/c1-29(2,3)40-26(34)30-17-20-9-11-22(12-10-20)32-18-24(39-27(32)35)25(33)31-15-13-23(14-16-31)38-28(36)37-19-21-7-5-4-6-8-21/h4-12,23-24H,13-19H2,1-3H3,(H,30,34). The van der Waals surface area contributed by atoms with E-state index in [0.717, 1.165) is 11.1 Å². The molecule has 2 aromatic rings. The lowest BCUT2D eigenvalue weighted by molar-refractivity contribution is -0.140. The Balaban J connectivity index is 1.20. The first kappa shape index (κ1) is 28.7. The van der Waals surface area contributed by atoms with E-state index in [1.807, 2.05) is 30.3 Å². The molecule has 1 unspecified atom stereocenters. The zero-order valence-corrected chi connectivity index (χ0v) is 23.0. The van der Waals surface area contributed by atoms with Crippen molar-refractivity contribution in [2.24, 2.45) is 0 Å². The van der Waals surface area contributed by atoms with Crippen LogP contribution in [0, 0.1) is 0 Å². The molecule has 2 aromatic carbocycles. The fourth-order valence-corrected chi connectivity index (χ4v) is 4.37. The number of nitrogens with zero attached hydrogens (tertiary/aromatic N) is 2. The third kappa shape index (κ3) is 8.11. The highest BCUT2D eigenvalue weighted by Gasteiger charge is 2.40. The van der Waals surface area contributed by atoms with Crippen LogP contribution in [-0.2, 0) is 36.9 Å². The average molecular weight is 554 g/mol. The Morgan fingerprint density at radius 3 is 2.30 bits per heavy atom. The average Bonchev–Trinajstić information content (AvgIpc) is 3.32. The first-order chi connectivity index (χ1) is 19.1. The molecule has 214 valence electrons. The minimum absolute atomic E-state index is 0.0927. The number of nitrogens with one attached hydrogen (secondary N) is 1. The van der Waals surface area contributed by atoms with Crippen molar-refractivity contribution < 1.29 is 38.1 Å². The lowest BCUT2D eigenvalue weighted by atomic mass is 10.1. The fraction of sp³-hybridized carbons (Fsp3) is 0.448. The number of anilines is 1. The molecule has 2 saturated heterocycles. The third-order valence-corrected chi connectivity index (χ3v) is 6.39. The van der Waals surface area contributed by atoms with E-state index < -0.39 is 30.0 Å². The number of alkyl carbamates (subject to hydrolysis) is 1. The minimum atomic E-state index is -0.922. The number of rotatable bonds is 7. The summed E-state index contributed by atoms with van der Waals surface area (Å²) in [6, 6.07) is 16.4. The predicted octanol–water partition coefficient (Wildman–Crippen LogP) is 4.38. The Labute approximate surface area is 233 Å². The quantitative estimate of drug-likeness (QED) is 0.396. The van der Waals surface area contributed by atoms with E-state index in [9.17, 15) is 19.2 Å². The van der Waals surface area contributed by atoms with Gasteiger partial charge in [0, 0.05) is 38.2 Å². The topological polar surface area (TPSA) is 124 Å². The van der Waals surface area contributed by atoms with Gasteiger partial charge in [-0.25, -0.2) is 14.4 Å². The lowest BCUT2D eigenvalue weighted by Gasteiger charge is -2.32. The number of piperidine rings is 1. The van der Waals surface area contributed by atoms with Crippen molar-refractivity contribution >= 4 is 29.9 Å². The number of carbonyl (C=O) groups is 4. The Hall–Kier alpha value is -4.28. The van der Waals surface area contributed by atoms with Gasteiger partial charge >= 0.3 is 18.3 Å². The van der Waals surface area contributed by atoms with Crippen molar-refractivity contribution in [2.45, 2.75) is 64.6 Å². The van der Waals surface area contributed by atoms with Crippen LogP contribution in [0.4, 0.5) is 20.1 Å². The second kappa shape index (κ2) is 12.7. The number of likely N-dealkylation sites (tertiary alicyclic amines) is 1. The fourth-order valence-electron chi connectivity index (χ4n) is 4.37. The Bertz CT molecular complexity index is 1190. The van der Waals surface area contributed by atoms with Gasteiger partial charge in [-0.2, -0.15) is 0 Å². The van der Waals surface area contributed by atoms with E-state index >= 15 is 0 Å². The molecular formula is C29H35N3O8. The first-order valence-corrected chi connectivity index (χ1v) is 13.3. The molecule has 2 fully saturated rings. The number of ether oxygens (including phenoxy) is 4. The summed E-state index contributed by atoms with van der Waals surface area (Å²) in [5, 5.41) is 2.69. The summed E-state index contributed by atoms with van der Waals surface area (Å²) in [6.07, 6.45) is -2.18. The van der Waals surface area contributed by atoms with Crippen LogP contribution in [0.1, 0.15) is 44.7 Å². The van der Waals surface area contributed by atoms with Gasteiger partial charge in [0.25, 0.3) is 5.91 Å². The molecule has 2 aliphatic heterocycles. The summed E-state index contributed by atoms with van der Waals surface area (Å²) in [5.74, 6) is -0.279. The maximum absolute atomic E-state index is 13.1. The first-order valence-electron chi connectivity index (χ1n) is 13.3. The van der Waals surface area contributed by atoms with E-state index in [1.54, 1.807) is 49.9 Å². The summed E-state index contributed by atoms with van der Waals surface area (Å²) >= 11 is 0. The van der Waals surface area contributed by atoms with Gasteiger partial charge in [-0.3, -0.25) is 9.69 Å². The van der Waals surface area contributed by atoms with Crippen LogP contribution in [0.5, 0.6) is 0 Å². The van der Waals surface area contributed by atoms with Gasteiger partial charge in [0.05, 0.1) is 6.54 Å². The van der Waals surface area contributed by atoms with E-state index in [0.29, 0.717) is 31.6 Å². The van der Waals surface area contributed by atoms with Crippen molar-refractivity contribution in [3.05, 3.63) is 65.7 Å². The van der Waals surface area contributed by atoms with Gasteiger partial charge in [0.1, 0.15) is 18.3 Å². The summed E-state index contributed by atoms with van der Waals surface area (Å²) < 4.78 is 21.2. The SMILES string of the molecule is CC(C)(C)OC(=O)NCc1ccc(N2CC(C(=O)N3CCC(OC(=O)OCc4ccccc4)CC3)OC2=O)cc1. The number of hydrogen-bond acceptors (Lipinski definition) is 8. The highest BCUT2D eigenvalue weighted by atomic mass is 16.7. The van der Waals surface area contributed by atoms with Crippen LogP contribution in [0.15, 0.2) is 54.6 Å². The Kier molecular flexibility index (Phi) is 9.13. The molecule has 1 N–H and O–H groups in total. The zero-order chi connectivity index (χ0) is 28.7. The van der Waals surface area contributed by atoms with Crippen LogP contribution < -0.4 is 10.2 Å². The van der Waals surface area contributed by atoms with Gasteiger partial charge < -0.3 is 29.2 Å². The molecule has 11 nitrogen and oxygen atoms in total. The molecule has 0 bridgehead atoms. The van der Waals surface area contributed by atoms with Crippen molar-refractivity contribution in [1.29, 1.82) is 0 Å². The number of benzene rings is 2. The summed E-state index contributed by atoms with van der Waals surface area (Å²) in [7, 11) is 0. The minimum Gasteiger partial charge on any atom is -0.444 e. The van der Waals surface area contributed by atoms with E-state index in [4.69, 9.17) is 18.9 Å². The van der Waals surface area contributed by atoms with Crippen molar-refractivity contribution in [1.82, 2.24) is 10.2 Å². The number of carbonyl (C=O) groups excluding carboxylic acids is 4. The van der Waals surface area contributed by atoms with Crippen molar-refractivity contribution in [3.63, 3.8) is 0 Å². The largest absolute Gasteiger partial charge is 0.508 e. The predicted molar refractivity (Wildman–Crippen MR) is 144 cm³/mol. The second-order valence-corrected chi connectivity index (χ2v) is 10.7. The molecule has 0 saturated carbocycles. The van der Waals surface area contributed by atoms with Crippen molar-refractivity contribution in [2.75, 3.05) is 24.5 Å². The van der Waals surface area contributed by atoms with Crippen LogP contribution in [0.3, 0.4) is 0 Å². The van der Waals surface area contributed by atoms with E-state index in [2.05, 4.69) is 5.32 Å². The maximum Gasteiger partial charge on any atom is 0.508 e. The van der Waals surface area contributed by atoms with Gasteiger partial charge in [0.15, 0.2) is 6.10 Å². The summed E-state index contributed by atoms with van der Waals surface area (Å²) in [4.78, 5) is 52.5. The monoisotopic (exact) mass is 553 g/mol. The maximum atomic E-state index is 13.1. The highest BCUT2D eigenvalue weighted by Crippen LogP contribution is 2.24. The summed E-state index contributed by atoms with van der Waals surface area (Å²) in [5.41, 5.74) is 1.69. The number of cyclic esters (lactones) is 1. The second-order valence-electron chi connectivity index (χ2n) is 10.7.